The van der Waals surface area contributed by atoms with Crippen LogP contribution in [0.5, 0.6) is 5.75 Å². The van der Waals surface area contributed by atoms with Gasteiger partial charge in [0.2, 0.25) is 0 Å². The summed E-state index contributed by atoms with van der Waals surface area (Å²) >= 11 is 0. The van der Waals surface area contributed by atoms with Crippen molar-refractivity contribution < 1.29 is 14.2 Å². The van der Waals surface area contributed by atoms with Crippen LogP contribution in [-0.4, -0.2) is 30.6 Å². The standard InChI is InChI=1S/C29H45NO3/c1-20-18-22(12-16-30-20)31-17-13-23-27(2,3)14-10-24-28(23,4)15-11-25-29(24,5)19-32-26(33-25)21-8-6-7-9-21/h12,16,18,21,23-26H,6-11,13-15,17,19H2,1-5H3/t23-,24?,25-,26-,28+,29+/m1/s1. The van der Waals surface area contributed by atoms with E-state index in [2.05, 4.69) is 32.7 Å². The molecule has 1 aromatic rings. The molecule has 2 heterocycles. The summed E-state index contributed by atoms with van der Waals surface area (Å²) in [4.78, 5) is 4.30. The largest absolute Gasteiger partial charge is 0.493 e. The number of pyridine rings is 1. The zero-order valence-corrected chi connectivity index (χ0v) is 21.6. The molecule has 1 unspecified atom stereocenters. The van der Waals surface area contributed by atoms with E-state index in [1.165, 1.54) is 51.4 Å². The van der Waals surface area contributed by atoms with Gasteiger partial charge in [-0.25, -0.2) is 0 Å². The van der Waals surface area contributed by atoms with E-state index in [0.29, 0.717) is 34.7 Å². The van der Waals surface area contributed by atoms with Crippen LogP contribution in [0, 0.1) is 40.9 Å². The highest BCUT2D eigenvalue weighted by molar-refractivity contribution is 5.21. The number of hydrogen-bond donors (Lipinski definition) is 0. The van der Waals surface area contributed by atoms with Gasteiger partial charge in [0.05, 0.1) is 19.3 Å². The lowest BCUT2D eigenvalue weighted by atomic mass is 9.42. The van der Waals surface area contributed by atoms with Crippen molar-refractivity contribution in [3.05, 3.63) is 24.0 Å². The zero-order chi connectivity index (χ0) is 23.3. The maximum Gasteiger partial charge on any atom is 0.160 e. The van der Waals surface area contributed by atoms with Gasteiger partial charge in [-0.2, -0.15) is 0 Å². The molecule has 184 valence electrons. The topological polar surface area (TPSA) is 40.6 Å². The Bertz CT molecular complexity index is 834. The van der Waals surface area contributed by atoms with Crippen molar-refractivity contribution in [2.24, 2.45) is 34.0 Å². The van der Waals surface area contributed by atoms with Crippen LogP contribution in [0.15, 0.2) is 18.3 Å². The first-order valence-corrected chi connectivity index (χ1v) is 13.5. The lowest BCUT2D eigenvalue weighted by Gasteiger charge is -2.65. The average molecular weight is 456 g/mol. The van der Waals surface area contributed by atoms with Gasteiger partial charge in [0.1, 0.15) is 5.75 Å². The third-order valence-electron chi connectivity index (χ3n) is 10.3. The molecule has 1 aromatic heterocycles. The first-order chi connectivity index (χ1) is 15.7. The fourth-order valence-corrected chi connectivity index (χ4v) is 8.56. The predicted octanol–water partition coefficient (Wildman–Crippen LogP) is 6.95. The van der Waals surface area contributed by atoms with Gasteiger partial charge in [-0.1, -0.05) is 40.5 Å². The van der Waals surface area contributed by atoms with Crippen LogP contribution in [-0.2, 0) is 9.47 Å². The first kappa shape index (κ1) is 23.6. The monoisotopic (exact) mass is 455 g/mol. The SMILES string of the molecule is Cc1cc(OCC[C@@H]2C(C)(C)CCC3[C@]4(C)CO[C@@H](C5CCCC5)O[C@@H]4CC[C@]32C)ccn1. The minimum absolute atomic E-state index is 0.0444. The number of aromatic nitrogens is 1. The number of hydrogen-bond acceptors (Lipinski definition) is 4. The Labute approximate surface area is 201 Å². The van der Waals surface area contributed by atoms with Crippen LogP contribution in [0.2, 0.25) is 0 Å². The fraction of sp³-hybridized carbons (Fsp3) is 0.828. The number of aryl methyl sites for hydroxylation is 1. The average Bonchev–Trinajstić information content (AvgIpc) is 3.30. The molecule has 3 saturated carbocycles. The number of rotatable bonds is 5. The maximum absolute atomic E-state index is 6.76. The van der Waals surface area contributed by atoms with Crippen LogP contribution in [0.1, 0.15) is 91.2 Å². The van der Waals surface area contributed by atoms with Crippen LogP contribution < -0.4 is 4.74 Å². The first-order valence-electron chi connectivity index (χ1n) is 13.5. The van der Waals surface area contributed by atoms with Crippen molar-refractivity contribution in [2.75, 3.05) is 13.2 Å². The highest BCUT2D eigenvalue weighted by atomic mass is 16.7. The molecular weight excluding hydrogens is 410 g/mol. The maximum atomic E-state index is 6.76. The lowest BCUT2D eigenvalue weighted by molar-refractivity contribution is -0.322. The molecule has 3 aliphatic carbocycles. The van der Waals surface area contributed by atoms with E-state index in [0.717, 1.165) is 31.1 Å². The van der Waals surface area contributed by atoms with Crippen LogP contribution >= 0.6 is 0 Å². The quantitative estimate of drug-likeness (QED) is 0.482. The molecule has 1 saturated heterocycles. The van der Waals surface area contributed by atoms with Gasteiger partial charge in [0, 0.05) is 29.3 Å². The second kappa shape index (κ2) is 8.82. The van der Waals surface area contributed by atoms with E-state index < -0.39 is 0 Å². The summed E-state index contributed by atoms with van der Waals surface area (Å²) in [6, 6.07) is 4.02. The molecule has 4 fully saturated rings. The second-order valence-corrected chi connectivity index (χ2v) is 12.8. The number of ether oxygens (including phenoxy) is 3. The normalized spacial score (nSPS) is 40.8. The Kier molecular flexibility index (Phi) is 6.31. The molecule has 4 nitrogen and oxygen atoms in total. The molecular formula is C29H45NO3. The summed E-state index contributed by atoms with van der Waals surface area (Å²) < 4.78 is 19.5. The van der Waals surface area contributed by atoms with Crippen molar-refractivity contribution in [1.29, 1.82) is 0 Å². The third kappa shape index (κ3) is 4.24. The van der Waals surface area contributed by atoms with Gasteiger partial charge >= 0.3 is 0 Å². The minimum atomic E-state index is 0.0444. The van der Waals surface area contributed by atoms with E-state index in [-0.39, 0.29) is 11.7 Å². The van der Waals surface area contributed by atoms with Crippen molar-refractivity contribution in [2.45, 2.75) is 105 Å². The highest BCUT2D eigenvalue weighted by Gasteiger charge is 2.62. The molecule has 1 aliphatic heterocycles. The molecule has 0 spiro atoms. The van der Waals surface area contributed by atoms with E-state index in [9.17, 15) is 0 Å². The van der Waals surface area contributed by atoms with E-state index in [1.54, 1.807) is 0 Å². The molecule has 6 atom stereocenters. The van der Waals surface area contributed by atoms with Crippen LogP contribution in [0.25, 0.3) is 0 Å². The summed E-state index contributed by atoms with van der Waals surface area (Å²) in [6.45, 7) is 13.7. The van der Waals surface area contributed by atoms with E-state index in [4.69, 9.17) is 14.2 Å². The molecule has 0 bridgehead atoms. The molecule has 0 amide bonds. The summed E-state index contributed by atoms with van der Waals surface area (Å²) in [5.74, 6) is 2.85. The lowest BCUT2D eigenvalue weighted by Crippen LogP contribution is -2.63. The van der Waals surface area contributed by atoms with E-state index >= 15 is 0 Å². The molecule has 0 aromatic carbocycles. The van der Waals surface area contributed by atoms with Gasteiger partial charge in [-0.15, -0.1) is 0 Å². The van der Waals surface area contributed by atoms with Gasteiger partial charge < -0.3 is 14.2 Å². The van der Waals surface area contributed by atoms with Crippen molar-refractivity contribution in [1.82, 2.24) is 4.98 Å². The number of nitrogens with zero attached hydrogens (tertiary/aromatic N) is 1. The molecule has 0 radical (unpaired) electrons. The zero-order valence-electron chi connectivity index (χ0n) is 21.6. The van der Waals surface area contributed by atoms with Crippen molar-refractivity contribution in [3.63, 3.8) is 0 Å². The highest BCUT2D eigenvalue weighted by Crippen LogP contribution is 2.66. The van der Waals surface area contributed by atoms with Crippen molar-refractivity contribution in [3.8, 4) is 5.75 Å². The fourth-order valence-electron chi connectivity index (χ4n) is 8.56. The molecule has 4 heteroatoms. The Morgan fingerprint density at radius 2 is 1.82 bits per heavy atom. The summed E-state index contributed by atoms with van der Waals surface area (Å²) in [5, 5.41) is 0. The van der Waals surface area contributed by atoms with Crippen molar-refractivity contribution >= 4 is 0 Å². The minimum Gasteiger partial charge on any atom is -0.493 e. The molecule has 0 N–H and O–H groups in total. The van der Waals surface area contributed by atoms with Gasteiger partial charge in [0.15, 0.2) is 6.29 Å². The Morgan fingerprint density at radius 1 is 1.03 bits per heavy atom. The second-order valence-electron chi connectivity index (χ2n) is 12.8. The molecule has 4 aliphatic rings. The predicted molar refractivity (Wildman–Crippen MR) is 131 cm³/mol. The Morgan fingerprint density at radius 3 is 2.58 bits per heavy atom. The van der Waals surface area contributed by atoms with Crippen LogP contribution in [0.3, 0.4) is 0 Å². The third-order valence-corrected chi connectivity index (χ3v) is 10.3. The smallest absolute Gasteiger partial charge is 0.160 e. The Balaban J connectivity index is 1.31. The summed E-state index contributed by atoms with van der Waals surface area (Å²) in [6.07, 6.45) is 13.6. The number of fused-ring (bicyclic) bond motifs is 3. The summed E-state index contributed by atoms with van der Waals surface area (Å²) in [5.41, 5.74) is 1.77. The Hall–Kier alpha value is -1.13. The van der Waals surface area contributed by atoms with E-state index in [1.807, 2.05) is 25.3 Å². The summed E-state index contributed by atoms with van der Waals surface area (Å²) in [7, 11) is 0. The van der Waals surface area contributed by atoms with Gasteiger partial charge in [-0.05, 0) is 80.6 Å². The van der Waals surface area contributed by atoms with Gasteiger partial charge in [-0.3, -0.25) is 4.98 Å². The molecule has 5 rings (SSSR count). The molecule has 33 heavy (non-hydrogen) atoms. The van der Waals surface area contributed by atoms with Gasteiger partial charge in [0.25, 0.3) is 0 Å². The van der Waals surface area contributed by atoms with Crippen LogP contribution in [0.4, 0.5) is 0 Å².